The molecule has 1 fully saturated rings. The van der Waals surface area contributed by atoms with E-state index in [1.165, 1.54) is 11.3 Å². The van der Waals surface area contributed by atoms with Crippen molar-refractivity contribution in [1.82, 2.24) is 9.88 Å². The minimum Gasteiger partial charge on any atom is -0.481 e. The van der Waals surface area contributed by atoms with Gasteiger partial charge in [0.2, 0.25) is 5.91 Å². The summed E-state index contributed by atoms with van der Waals surface area (Å²) in [5, 5.41) is 14.6. The fraction of sp³-hybridized carbons (Fsp3) is 0.483. The number of ether oxygens (including phenoxy) is 2. The van der Waals surface area contributed by atoms with Gasteiger partial charge in [-0.05, 0) is 74.7 Å². The third-order valence-corrected chi connectivity index (χ3v) is 8.35. The van der Waals surface area contributed by atoms with E-state index in [1.807, 2.05) is 48.7 Å². The molecular formula is C29H37N3O6S. The van der Waals surface area contributed by atoms with Gasteiger partial charge < -0.3 is 29.4 Å². The number of aliphatic carboxylic acids is 1. The number of thiophene rings is 1. The fourth-order valence-corrected chi connectivity index (χ4v) is 5.84. The van der Waals surface area contributed by atoms with Crippen molar-refractivity contribution in [3.8, 4) is 0 Å². The molecule has 2 aromatic heterocycles. The van der Waals surface area contributed by atoms with Crippen molar-refractivity contribution in [3.63, 3.8) is 0 Å². The molecule has 2 N–H and O–H groups in total. The number of carboxylic acids is 1. The zero-order chi connectivity index (χ0) is 28.0. The molecular weight excluding hydrogens is 518 g/mol. The summed E-state index contributed by atoms with van der Waals surface area (Å²) in [5.41, 5.74) is 2.33. The topological polar surface area (TPSA) is 110 Å². The van der Waals surface area contributed by atoms with Gasteiger partial charge in [0, 0.05) is 25.4 Å². The number of hydrogen-bond donors (Lipinski definition) is 2. The van der Waals surface area contributed by atoms with Gasteiger partial charge in [-0.2, -0.15) is 0 Å². The van der Waals surface area contributed by atoms with Crippen molar-refractivity contribution in [2.45, 2.75) is 52.1 Å². The molecule has 0 radical (unpaired) electrons. The highest BCUT2D eigenvalue weighted by Crippen LogP contribution is 2.36. The molecule has 1 aromatic carbocycles. The molecule has 39 heavy (non-hydrogen) atoms. The van der Waals surface area contributed by atoms with Gasteiger partial charge in [0.1, 0.15) is 12.2 Å². The van der Waals surface area contributed by atoms with Gasteiger partial charge in [0.15, 0.2) is 0 Å². The maximum absolute atomic E-state index is 13.7. The molecule has 1 aliphatic carbocycles. The smallest absolute Gasteiger partial charge is 0.309 e. The summed E-state index contributed by atoms with van der Waals surface area (Å²) in [6.45, 7) is 5.38. The standard InChI is InChI=1S/C29H37N3O6S/c1-20-5-4-6-22(17-20)31(12-13-38-15-14-37-3)26(33)19-32-23-9-16-39-25(23)18-24(32)27(34)30-21-7-10-29(2,11-8-21)28(35)36/h4-6,9,16-18,21H,7-8,10-15,19H2,1-3H3,(H,30,34)(H,35,36). The lowest BCUT2D eigenvalue weighted by molar-refractivity contribution is -0.150. The van der Waals surface area contributed by atoms with E-state index in [9.17, 15) is 19.5 Å². The van der Waals surface area contributed by atoms with Crippen LogP contribution in [0.25, 0.3) is 10.2 Å². The molecule has 0 spiro atoms. The highest BCUT2D eigenvalue weighted by Gasteiger charge is 2.38. The lowest BCUT2D eigenvalue weighted by Crippen LogP contribution is -2.43. The van der Waals surface area contributed by atoms with Crippen molar-refractivity contribution >= 4 is 45.0 Å². The SMILES string of the molecule is COCCOCCN(C(=O)Cn1c(C(=O)NC2CCC(C)(C(=O)O)CC2)cc2sccc21)c1cccc(C)c1. The normalized spacial score (nSPS) is 19.2. The molecule has 4 rings (SSSR count). The molecule has 0 unspecified atom stereocenters. The van der Waals surface area contributed by atoms with Gasteiger partial charge in [0.05, 0.1) is 35.5 Å². The Labute approximate surface area is 232 Å². The molecule has 1 aliphatic rings. The third-order valence-electron chi connectivity index (χ3n) is 7.49. The first-order chi connectivity index (χ1) is 18.7. The molecule has 0 atom stereocenters. The van der Waals surface area contributed by atoms with Crippen LogP contribution in [0.5, 0.6) is 0 Å². The van der Waals surface area contributed by atoms with E-state index >= 15 is 0 Å². The van der Waals surface area contributed by atoms with E-state index < -0.39 is 11.4 Å². The molecule has 10 heteroatoms. The van der Waals surface area contributed by atoms with Crippen LogP contribution >= 0.6 is 11.3 Å². The third kappa shape index (κ3) is 6.87. The molecule has 0 aliphatic heterocycles. The average molecular weight is 556 g/mol. The Morgan fingerprint density at radius 1 is 1.15 bits per heavy atom. The van der Waals surface area contributed by atoms with Gasteiger partial charge >= 0.3 is 5.97 Å². The maximum Gasteiger partial charge on any atom is 0.309 e. The number of nitrogens with one attached hydrogen (secondary N) is 1. The predicted octanol–water partition coefficient (Wildman–Crippen LogP) is 4.47. The molecule has 3 aromatic rings. The van der Waals surface area contributed by atoms with Crippen LogP contribution in [0.1, 0.15) is 48.7 Å². The number of carboxylic acid groups (broad SMARTS) is 1. The van der Waals surface area contributed by atoms with Crippen molar-refractivity contribution in [2.24, 2.45) is 5.41 Å². The molecule has 0 saturated heterocycles. The summed E-state index contributed by atoms with van der Waals surface area (Å²) in [7, 11) is 1.61. The number of aryl methyl sites for hydroxylation is 1. The zero-order valence-electron chi connectivity index (χ0n) is 22.8. The van der Waals surface area contributed by atoms with Gasteiger partial charge in [-0.15, -0.1) is 11.3 Å². The van der Waals surface area contributed by atoms with E-state index in [-0.39, 0.29) is 24.4 Å². The largest absolute Gasteiger partial charge is 0.481 e. The quantitative estimate of drug-likeness (QED) is 0.319. The van der Waals surface area contributed by atoms with Crippen LogP contribution in [-0.4, -0.2) is 67.0 Å². The van der Waals surface area contributed by atoms with Gasteiger partial charge in [-0.25, -0.2) is 0 Å². The summed E-state index contributed by atoms with van der Waals surface area (Å²) in [4.78, 5) is 40.5. The average Bonchev–Trinajstić information content (AvgIpc) is 3.50. The molecule has 2 heterocycles. The van der Waals surface area contributed by atoms with Crippen molar-refractivity contribution < 1.29 is 29.0 Å². The highest BCUT2D eigenvalue weighted by molar-refractivity contribution is 7.17. The number of methoxy groups -OCH3 is 1. The van der Waals surface area contributed by atoms with Crippen LogP contribution in [0.15, 0.2) is 41.8 Å². The van der Waals surface area contributed by atoms with Gasteiger partial charge in [-0.1, -0.05) is 12.1 Å². The number of aromatic nitrogens is 1. The second-order valence-corrected chi connectivity index (χ2v) is 11.3. The minimum atomic E-state index is -0.790. The number of benzene rings is 1. The van der Waals surface area contributed by atoms with E-state index in [1.54, 1.807) is 23.5 Å². The van der Waals surface area contributed by atoms with Crippen molar-refractivity contribution in [2.75, 3.05) is 38.4 Å². The zero-order valence-corrected chi connectivity index (χ0v) is 23.6. The Balaban J connectivity index is 1.52. The number of anilines is 1. The number of rotatable bonds is 12. The number of nitrogens with zero attached hydrogens (tertiary/aromatic N) is 2. The number of carbonyl (C=O) groups excluding carboxylic acids is 2. The summed E-state index contributed by atoms with van der Waals surface area (Å²) in [6.07, 6.45) is 2.24. The number of carbonyl (C=O) groups is 3. The number of hydrogen-bond acceptors (Lipinski definition) is 6. The lowest BCUT2D eigenvalue weighted by atomic mass is 9.74. The number of amides is 2. The fourth-order valence-electron chi connectivity index (χ4n) is 5.02. The summed E-state index contributed by atoms with van der Waals surface area (Å²) in [5.74, 6) is -1.19. The first-order valence-corrected chi connectivity index (χ1v) is 14.1. The van der Waals surface area contributed by atoms with E-state index in [0.717, 1.165) is 21.5 Å². The van der Waals surface area contributed by atoms with Crippen molar-refractivity contribution in [3.05, 3.63) is 53.0 Å². The summed E-state index contributed by atoms with van der Waals surface area (Å²) >= 11 is 1.52. The van der Waals surface area contributed by atoms with Crippen LogP contribution in [0.4, 0.5) is 5.69 Å². The Kier molecular flexibility index (Phi) is 9.42. The Bertz CT molecular complexity index is 1310. The van der Waals surface area contributed by atoms with Crippen LogP contribution in [0.3, 0.4) is 0 Å². The molecule has 9 nitrogen and oxygen atoms in total. The summed E-state index contributed by atoms with van der Waals surface area (Å²) in [6, 6.07) is 11.4. The van der Waals surface area contributed by atoms with Crippen LogP contribution in [0.2, 0.25) is 0 Å². The summed E-state index contributed by atoms with van der Waals surface area (Å²) < 4.78 is 13.4. The van der Waals surface area contributed by atoms with Crippen LogP contribution in [0, 0.1) is 12.3 Å². The van der Waals surface area contributed by atoms with Gasteiger partial charge in [-0.3, -0.25) is 14.4 Å². The first kappa shape index (κ1) is 28.8. The first-order valence-electron chi connectivity index (χ1n) is 13.3. The van der Waals surface area contributed by atoms with Crippen molar-refractivity contribution in [1.29, 1.82) is 0 Å². The molecule has 0 bridgehead atoms. The van der Waals surface area contributed by atoms with Crippen LogP contribution in [-0.2, 0) is 25.6 Å². The second kappa shape index (κ2) is 12.8. The molecule has 1 saturated carbocycles. The van der Waals surface area contributed by atoms with E-state index in [2.05, 4.69) is 5.32 Å². The predicted molar refractivity (Wildman–Crippen MR) is 152 cm³/mol. The van der Waals surface area contributed by atoms with E-state index in [4.69, 9.17) is 9.47 Å². The molecule has 210 valence electrons. The lowest BCUT2D eigenvalue weighted by Gasteiger charge is -2.34. The minimum absolute atomic E-state index is 0.00322. The van der Waals surface area contributed by atoms with E-state index in [0.29, 0.717) is 57.7 Å². The Morgan fingerprint density at radius 2 is 1.92 bits per heavy atom. The Morgan fingerprint density at radius 3 is 2.62 bits per heavy atom. The monoisotopic (exact) mass is 555 g/mol. The maximum atomic E-state index is 13.7. The molecule has 2 amide bonds. The highest BCUT2D eigenvalue weighted by atomic mass is 32.1. The second-order valence-electron chi connectivity index (χ2n) is 10.4. The van der Waals surface area contributed by atoms with Crippen LogP contribution < -0.4 is 10.2 Å². The van der Waals surface area contributed by atoms with Gasteiger partial charge in [0.25, 0.3) is 5.91 Å². The Hall–Kier alpha value is -3.21. The number of fused-ring (bicyclic) bond motifs is 1.